The minimum atomic E-state index is -3.90. The predicted molar refractivity (Wildman–Crippen MR) is 161 cm³/mol. The van der Waals surface area contributed by atoms with Crippen LogP contribution >= 0.6 is 22.6 Å². The molecule has 5 rings (SSSR count). The number of nitrogens with zero attached hydrogens (tertiary/aromatic N) is 5. The molecule has 1 atom stereocenters. The number of hydrogen-bond acceptors (Lipinski definition) is 8. The van der Waals surface area contributed by atoms with Crippen molar-refractivity contribution in [3.05, 3.63) is 83.2 Å². The standard InChI is InChI=1S/C29H31ClFN5O4S/c1-4-9-19-10-6-7-12-23(19)36-28-20(16-21(30)27(32-28)26-22(31)11-8-13-24(26)37)29(33-41(36,39)40)35-15-14-34(17-18(35)3)25(38)5-2/h5-8,10-13,16,18,37,39-40H,2,4,9,14-15,17H2,1,3H3/t18-/m0/s1. The van der Waals surface area contributed by atoms with E-state index < -0.39 is 16.8 Å². The van der Waals surface area contributed by atoms with Crippen molar-refractivity contribution in [1.29, 1.82) is 0 Å². The van der Waals surface area contributed by atoms with Crippen LogP contribution in [0, 0.1) is 5.82 Å². The molecule has 0 bridgehead atoms. The summed E-state index contributed by atoms with van der Waals surface area (Å²) in [6, 6.07) is 12.5. The van der Waals surface area contributed by atoms with Gasteiger partial charge in [0.1, 0.15) is 11.6 Å². The normalized spacial score (nSPS) is 18.9. The number of aromatic hydroxyl groups is 1. The topological polar surface area (TPSA) is 113 Å². The fraction of sp³-hybridized carbons (Fsp3) is 0.276. The van der Waals surface area contributed by atoms with Gasteiger partial charge in [0.05, 0.1) is 27.5 Å². The van der Waals surface area contributed by atoms with Crippen molar-refractivity contribution in [3.63, 3.8) is 0 Å². The second-order valence-corrected chi connectivity index (χ2v) is 11.9. The lowest BCUT2D eigenvalue weighted by atomic mass is 10.0. The molecule has 12 heteroatoms. The van der Waals surface area contributed by atoms with Gasteiger partial charge in [-0.05, 0) is 60.2 Å². The van der Waals surface area contributed by atoms with Crippen LogP contribution in [0.4, 0.5) is 15.9 Å². The molecule has 0 radical (unpaired) electrons. The summed E-state index contributed by atoms with van der Waals surface area (Å²) in [4.78, 5) is 20.5. The van der Waals surface area contributed by atoms with Crippen molar-refractivity contribution in [2.45, 2.75) is 32.7 Å². The zero-order valence-corrected chi connectivity index (χ0v) is 24.2. The minimum Gasteiger partial charge on any atom is -0.507 e. The highest BCUT2D eigenvalue weighted by Gasteiger charge is 2.41. The molecule has 0 unspecified atom stereocenters. The molecule has 3 N–H and O–H groups in total. The molecule has 0 saturated carbocycles. The summed E-state index contributed by atoms with van der Waals surface area (Å²) in [6.07, 6.45) is 2.72. The SMILES string of the molecule is C=CC(=O)N1CCN(C2=NS(O)(O)N(c3ccccc3CCC)c3nc(-c4c(O)cccc4F)c(Cl)cc32)[C@@H](C)C1. The molecule has 2 aliphatic heterocycles. The fourth-order valence-electron chi connectivity index (χ4n) is 5.29. The molecule has 2 aliphatic rings. The fourth-order valence-corrected chi connectivity index (χ4v) is 6.86. The van der Waals surface area contributed by atoms with Gasteiger partial charge < -0.3 is 14.9 Å². The van der Waals surface area contributed by atoms with Crippen LogP contribution in [-0.4, -0.2) is 66.4 Å². The van der Waals surface area contributed by atoms with Crippen LogP contribution in [0.15, 0.2) is 65.6 Å². The summed E-state index contributed by atoms with van der Waals surface area (Å²) < 4.78 is 44.0. The van der Waals surface area contributed by atoms with E-state index in [1.54, 1.807) is 23.1 Å². The first-order valence-electron chi connectivity index (χ1n) is 13.2. The van der Waals surface area contributed by atoms with E-state index in [0.29, 0.717) is 37.3 Å². The average Bonchev–Trinajstić information content (AvgIpc) is 2.93. The van der Waals surface area contributed by atoms with Crippen LogP contribution in [0.3, 0.4) is 0 Å². The summed E-state index contributed by atoms with van der Waals surface area (Å²) >= 11 is 6.70. The van der Waals surface area contributed by atoms with Crippen LogP contribution in [0.25, 0.3) is 11.3 Å². The first kappa shape index (κ1) is 28.9. The summed E-state index contributed by atoms with van der Waals surface area (Å²) in [5, 5.41) is 10.6. The minimum absolute atomic E-state index is 0.0464. The second-order valence-electron chi connectivity index (χ2n) is 9.93. The number of halogens is 2. The van der Waals surface area contributed by atoms with E-state index in [2.05, 4.69) is 11.0 Å². The third-order valence-corrected chi connectivity index (χ3v) is 8.75. The highest BCUT2D eigenvalue weighted by atomic mass is 35.5. The Labute approximate surface area is 244 Å². The molecule has 0 aliphatic carbocycles. The zero-order valence-electron chi connectivity index (χ0n) is 22.7. The molecular formula is C29H31ClFN5O4S. The molecule has 216 valence electrons. The van der Waals surface area contributed by atoms with Crippen LogP contribution < -0.4 is 4.31 Å². The number of phenolic OH excluding ortho intramolecular Hbond substituents is 1. The maximum Gasteiger partial charge on any atom is 0.246 e. The second kappa shape index (κ2) is 11.3. The van der Waals surface area contributed by atoms with E-state index in [1.165, 1.54) is 28.6 Å². The largest absolute Gasteiger partial charge is 0.507 e. The average molecular weight is 600 g/mol. The van der Waals surface area contributed by atoms with Gasteiger partial charge in [0.2, 0.25) is 5.91 Å². The number of pyridine rings is 1. The highest BCUT2D eigenvalue weighted by Crippen LogP contribution is 2.58. The number of aromatic nitrogens is 1. The van der Waals surface area contributed by atoms with Crippen molar-refractivity contribution in [2.75, 3.05) is 23.9 Å². The van der Waals surface area contributed by atoms with Gasteiger partial charge in [0.15, 0.2) is 11.7 Å². The third kappa shape index (κ3) is 5.26. The highest BCUT2D eigenvalue weighted by molar-refractivity contribution is 8.24. The van der Waals surface area contributed by atoms with Gasteiger partial charge in [0.25, 0.3) is 0 Å². The lowest BCUT2D eigenvalue weighted by Crippen LogP contribution is -2.56. The molecule has 1 fully saturated rings. The van der Waals surface area contributed by atoms with Gasteiger partial charge in [-0.1, -0.05) is 55.8 Å². The molecule has 1 saturated heterocycles. The molecule has 1 amide bonds. The molecule has 3 heterocycles. The lowest BCUT2D eigenvalue weighted by Gasteiger charge is -2.48. The third-order valence-electron chi connectivity index (χ3n) is 7.19. The molecule has 1 aromatic heterocycles. The first-order chi connectivity index (χ1) is 19.6. The summed E-state index contributed by atoms with van der Waals surface area (Å²) in [6.45, 7) is 8.58. The number of benzene rings is 2. The van der Waals surface area contributed by atoms with Crippen LogP contribution in [-0.2, 0) is 11.2 Å². The number of hydrogen-bond donors (Lipinski definition) is 3. The van der Waals surface area contributed by atoms with Crippen molar-refractivity contribution in [1.82, 2.24) is 14.8 Å². The maximum absolute atomic E-state index is 15.0. The Morgan fingerprint density at radius 3 is 2.66 bits per heavy atom. The smallest absolute Gasteiger partial charge is 0.246 e. The van der Waals surface area contributed by atoms with Gasteiger partial charge in [0, 0.05) is 25.7 Å². The van der Waals surface area contributed by atoms with E-state index in [9.17, 15) is 23.4 Å². The molecule has 3 aromatic rings. The number of aryl methyl sites for hydroxylation is 1. The van der Waals surface area contributed by atoms with Crippen molar-refractivity contribution in [3.8, 4) is 17.0 Å². The maximum atomic E-state index is 15.0. The number of fused-ring (bicyclic) bond motifs is 1. The monoisotopic (exact) mass is 599 g/mol. The van der Waals surface area contributed by atoms with E-state index in [1.807, 2.05) is 30.9 Å². The number of para-hydroxylation sites is 1. The van der Waals surface area contributed by atoms with Gasteiger partial charge in [-0.3, -0.25) is 13.9 Å². The number of phenols is 1. The Hall–Kier alpha value is -3.64. The zero-order chi connectivity index (χ0) is 29.5. The Bertz CT molecular complexity index is 1530. The number of amidine groups is 1. The van der Waals surface area contributed by atoms with E-state index in [-0.39, 0.29) is 45.6 Å². The number of anilines is 2. The summed E-state index contributed by atoms with van der Waals surface area (Å²) in [7, 11) is -3.90. The van der Waals surface area contributed by atoms with E-state index in [4.69, 9.17) is 16.6 Å². The molecule has 9 nitrogen and oxygen atoms in total. The van der Waals surface area contributed by atoms with Crippen LogP contribution in [0.2, 0.25) is 5.02 Å². The number of carbonyl (C=O) groups is 1. The van der Waals surface area contributed by atoms with Crippen LogP contribution in [0.5, 0.6) is 5.75 Å². The van der Waals surface area contributed by atoms with Gasteiger partial charge in [-0.25, -0.2) is 13.7 Å². The number of amides is 1. The van der Waals surface area contributed by atoms with Crippen LogP contribution in [0.1, 0.15) is 31.4 Å². The predicted octanol–water partition coefficient (Wildman–Crippen LogP) is 6.40. The van der Waals surface area contributed by atoms with Crippen molar-refractivity contribution < 1.29 is 23.4 Å². The Morgan fingerprint density at radius 2 is 1.98 bits per heavy atom. The van der Waals surface area contributed by atoms with Gasteiger partial charge in [-0.15, -0.1) is 4.40 Å². The Balaban J connectivity index is 1.72. The van der Waals surface area contributed by atoms with Crippen molar-refractivity contribution >= 4 is 45.8 Å². The lowest BCUT2D eigenvalue weighted by molar-refractivity contribution is -0.128. The van der Waals surface area contributed by atoms with Crippen molar-refractivity contribution in [2.24, 2.45) is 4.40 Å². The Kier molecular flexibility index (Phi) is 7.97. The number of piperazine rings is 1. The molecule has 2 aromatic carbocycles. The molecule has 41 heavy (non-hydrogen) atoms. The van der Waals surface area contributed by atoms with Gasteiger partial charge in [-0.2, -0.15) is 0 Å². The van der Waals surface area contributed by atoms with E-state index in [0.717, 1.165) is 12.0 Å². The molecular weight excluding hydrogens is 569 g/mol. The summed E-state index contributed by atoms with van der Waals surface area (Å²) in [5.74, 6) is -0.918. The number of carbonyl (C=O) groups excluding carboxylic acids is 1. The summed E-state index contributed by atoms with van der Waals surface area (Å²) in [5.41, 5.74) is 1.49. The van der Waals surface area contributed by atoms with Gasteiger partial charge >= 0.3 is 0 Å². The first-order valence-corrected chi connectivity index (χ1v) is 15.0. The number of rotatable bonds is 5. The van der Waals surface area contributed by atoms with E-state index >= 15 is 0 Å². The molecule has 0 spiro atoms. The Morgan fingerprint density at radius 1 is 1.22 bits per heavy atom. The quantitative estimate of drug-likeness (QED) is 0.291.